The zero-order valence-electron chi connectivity index (χ0n) is 17.1. The molecule has 3 heterocycles. The van der Waals surface area contributed by atoms with Crippen LogP contribution in [-0.2, 0) is 19.4 Å². The number of hydrogen-bond acceptors (Lipinski definition) is 6. The largest absolute Gasteiger partial charge is 0.508 e. The molecule has 3 aromatic rings. The molecular formula is C21H23BrN6O3. The molecule has 0 atom stereocenters. The zero-order valence-corrected chi connectivity index (χ0v) is 18.7. The Hall–Kier alpha value is -3.01. The van der Waals surface area contributed by atoms with Gasteiger partial charge in [-0.2, -0.15) is 0 Å². The lowest BCUT2D eigenvalue weighted by Crippen LogP contribution is -2.28. The lowest BCUT2D eigenvalue weighted by molar-refractivity contribution is 0.0954. The van der Waals surface area contributed by atoms with Gasteiger partial charge in [-0.15, -0.1) is 10.2 Å². The van der Waals surface area contributed by atoms with Crippen LogP contribution in [0.2, 0.25) is 0 Å². The summed E-state index contributed by atoms with van der Waals surface area (Å²) in [5.74, 6) is 1.47. The molecule has 0 unspecified atom stereocenters. The summed E-state index contributed by atoms with van der Waals surface area (Å²) in [6.07, 6.45) is 3.93. The number of carbonyl (C=O) groups is 1. The van der Waals surface area contributed by atoms with Crippen molar-refractivity contribution in [3.05, 3.63) is 51.6 Å². The smallest absolute Gasteiger partial charge is 0.266 e. The van der Waals surface area contributed by atoms with E-state index in [0.29, 0.717) is 54.5 Å². The Bertz CT molecular complexity index is 1210. The van der Waals surface area contributed by atoms with Crippen molar-refractivity contribution in [2.75, 3.05) is 6.54 Å². The van der Waals surface area contributed by atoms with Gasteiger partial charge in [0.05, 0.1) is 10.2 Å². The number of amides is 1. The molecule has 2 N–H and O–H groups in total. The van der Waals surface area contributed by atoms with Crippen LogP contribution < -0.4 is 10.9 Å². The second-order valence-electron chi connectivity index (χ2n) is 7.44. The van der Waals surface area contributed by atoms with Gasteiger partial charge in [-0.05, 0) is 46.6 Å². The molecule has 1 aliphatic heterocycles. The van der Waals surface area contributed by atoms with Gasteiger partial charge >= 0.3 is 0 Å². The topological polar surface area (TPSA) is 114 Å². The number of nitrogens with zero attached hydrogens (tertiary/aromatic N) is 5. The number of fused-ring (bicyclic) bond motifs is 2. The van der Waals surface area contributed by atoms with Crippen LogP contribution in [0.4, 0.5) is 5.82 Å². The molecule has 1 aliphatic rings. The Labute approximate surface area is 187 Å². The highest BCUT2D eigenvalue weighted by Crippen LogP contribution is 2.28. The van der Waals surface area contributed by atoms with E-state index in [1.165, 1.54) is 12.1 Å². The molecule has 0 saturated heterocycles. The summed E-state index contributed by atoms with van der Waals surface area (Å²) in [6, 6.07) is 6.02. The number of aromatic nitrogens is 4. The van der Waals surface area contributed by atoms with Gasteiger partial charge in [0.2, 0.25) is 5.78 Å². The van der Waals surface area contributed by atoms with E-state index in [0.717, 1.165) is 23.9 Å². The van der Waals surface area contributed by atoms with Crippen molar-refractivity contribution in [2.24, 2.45) is 4.99 Å². The number of phenols is 1. The summed E-state index contributed by atoms with van der Waals surface area (Å²) in [5, 5.41) is 20.7. The van der Waals surface area contributed by atoms with E-state index in [1.54, 1.807) is 16.5 Å². The first-order chi connectivity index (χ1) is 15.0. The highest BCUT2D eigenvalue weighted by molar-refractivity contribution is 9.18. The number of rotatable bonds is 8. The summed E-state index contributed by atoms with van der Waals surface area (Å²) in [7, 11) is 0. The molecule has 31 heavy (non-hydrogen) atoms. The van der Waals surface area contributed by atoms with E-state index in [9.17, 15) is 14.7 Å². The lowest BCUT2D eigenvalue weighted by Gasteiger charge is -2.12. The van der Waals surface area contributed by atoms with E-state index < -0.39 is 0 Å². The number of nitrogens with one attached hydrogen (secondary N) is 1. The zero-order chi connectivity index (χ0) is 22.0. The molecule has 0 spiro atoms. The third-order valence-electron chi connectivity index (χ3n) is 5.24. The summed E-state index contributed by atoms with van der Waals surface area (Å²) < 4.78 is 4.23. The Morgan fingerprint density at radius 1 is 1.23 bits per heavy atom. The van der Waals surface area contributed by atoms with Crippen molar-refractivity contribution in [3.8, 4) is 5.75 Å². The van der Waals surface area contributed by atoms with Crippen molar-refractivity contribution in [1.82, 2.24) is 24.5 Å². The number of benzene rings is 1. The van der Waals surface area contributed by atoms with Crippen LogP contribution in [0, 0.1) is 0 Å². The first-order valence-corrected chi connectivity index (χ1v) is 11.1. The standard InChI is InChI=1S/C21H23BrN6O3/c1-2-3-4-11-27-18-15(12-16(22)24-18)20(31)28-17(25-26-21(27)28)9-10-23-19(30)13-5-7-14(29)8-6-13/h5-8,29H,2-4,9-12H2,1H3,(H,23,30). The van der Waals surface area contributed by atoms with Crippen LogP contribution in [0.25, 0.3) is 5.78 Å². The number of unbranched alkanes of at least 4 members (excludes halogenated alkanes) is 2. The van der Waals surface area contributed by atoms with Crippen LogP contribution >= 0.6 is 15.9 Å². The monoisotopic (exact) mass is 486 g/mol. The molecule has 9 nitrogen and oxygen atoms in total. The maximum absolute atomic E-state index is 13.1. The predicted octanol–water partition coefficient (Wildman–Crippen LogP) is 2.74. The summed E-state index contributed by atoms with van der Waals surface area (Å²) >= 11 is 3.42. The molecule has 1 amide bonds. The molecule has 1 aromatic carbocycles. The van der Waals surface area contributed by atoms with E-state index >= 15 is 0 Å². The van der Waals surface area contributed by atoms with Gasteiger partial charge in [-0.25, -0.2) is 9.39 Å². The van der Waals surface area contributed by atoms with E-state index in [4.69, 9.17) is 0 Å². The first kappa shape index (κ1) is 21.2. The third-order valence-corrected chi connectivity index (χ3v) is 5.70. The molecule has 0 radical (unpaired) electrons. The molecule has 2 aromatic heterocycles. The normalized spacial score (nSPS) is 12.8. The minimum absolute atomic E-state index is 0.102. The maximum Gasteiger partial charge on any atom is 0.266 e. The predicted molar refractivity (Wildman–Crippen MR) is 121 cm³/mol. The fourth-order valence-electron chi connectivity index (χ4n) is 3.65. The van der Waals surface area contributed by atoms with Crippen molar-refractivity contribution >= 4 is 38.1 Å². The molecule has 162 valence electrons. The Kier molecular flexibility index (Phi) is 6.17. The SMILES string of the molecule is CCCCCn1c2c(c(=O)n3c(CCNC(=O)c4ccc(O)cc4)nnc13)CC(Br)=N2. The summed E-state index contributed by atoms with van der Waals surface area (Å²) in [4.78, 5) is 29.9. The third kappa shape index (κ3) is 4.25. The number of halogens is 1. The second-order valence-corrected chi connectivity index (χ2v) is 8.35. The molecule has 10 heteroatoms. The molecule has 0 aliphatic carbocycles. The molecule has 0 bridgehead atoms. The van der Waals surface area contributed by atoms with Gasteiger partial charge in [-0.1, -0.05) is 19.8 Å². The fourth-order valence-corrected chi connectivity index (χ4v) is 4.10. The van der Waals surface area contributed by atoms with E-state index in [-0.39, 0.29) is 17.2 Å². The molecule has 0 fully saturated rings. The summed E-state index contributed by atoms with van der Waals surface area (Å²) in [5.41, 5.74) is 0.909. The van der Waals surface area contributed by atoms with Crippen LogP contribution in [0.3, 0.4) is 0 Å². The van der Waals surface area contributed by atoms with Crippen molar-refractivity contribution in [3.63, 3.8) is 0 Å². The number of aryl methyl sites for hydroxylation is 1. The number of aromatic hydroxyl groups is 1. The molecule has 4 rings (SSSR count). The Morgan fingerprint density at radius 3 is 2.74 bits per heavy atom. The Morgan fingerprint density at radius 2 is 2.00 bits per heavy atom. The van der Waals surface area contributed by atoms with Crippen molar-refractivity contribution in [2.45, 2.75) is 45.6 Å². The maximum atomic E-state index is 13.1. The highest BCUT2D eigenvalue weighted by atomic mass is 79.9. The highest BCUT2D eigenvalue weighted by Gasteiger charge is 2.25. The van der Waals surface area contributed by atoms with Gasteiger partial charge in [0, 0.05) is 31.5 Å². The lowest BCUT2D eigenvalue weighted by atomic mass is 10.2. The summed E-state index contributed by atoms with van der Waals surface area (Å²) in [6.45, 7) is 3.15. The van der Waals surface area contributed by atoms with Gasteiger partial charge in [0.1, 0.15) is 17.4 Å². The average Bonchev–Trinajstić information content (AvgIpc) is 3.35. The van der Waals surface area contributed by atoms with Gasteiger partial charge in [0.15, 0.2) is 0 Å². The van der Waals surface area contributed by atoms with Crippen molar-refractivity contribution < 1.29 is 9.90 Å². The first-order valence-electron chi connectivity index (χ1n) is 10.3. The van der Waals surface area contributed by atoms with Crippen LogP contribution in [0.15, 0.2) is 34.1 Å². The van der Waals surface area contributed by atoms with Crippen molar-refractivity contribution in [1.29, 1.82) is 0 Å². The van der Waals surface area contributed by atoms with Gasteiger partial charge in [-0.3, -0.25) is 14.2 Å². The minimum atomic E-state index is -0.260. The number of hydrogen-bond donors (Lipinski definition) is 2. The average molecular weight is 487 g/mol. The number of phenolic OH excluding ortho intramolecular Hbond substituents is 1. The van der Waals surface area contributed by atoms with Gasteiger partial charge in [0.25, 0.3) is 11.5 Å². The van der Waals surface area contributed by atoms with Crippen LogP contribution in [0.1, 0.15) is 47.9 Å². The van der Waals surface area contributed by atoms with E-state index in [1.807, 2.05) is 4.57 Å². The quantitative estimate of drug-likeness (QED) is 0.475. The van der Waals surface area contributed by atoms with Gasteiger partial charge < -0.3 is 10.4 Å². The Balaban J connectivity index is 1.58. The number of aliphatic imine (C=N–C) groups is 1. The fraction of sp³-hybridized carbons (Fsp3) is 0.381. The van der Waals surface area contributed by atoms with Crippen LogP contribution in [-0.4, -0.2) is 41.3 Å². The van der Waals surface area contributed by atoms with Crippen LogP contribution in [0.5, 0.6) is 5.75 Å². The molecule has 0 saturated carbocycles. The number of carbonyl (C=O) groups excluding carboxylic acids is 1. The second kappa shape index (κ2) is 9.01. The minimum Gasteiger partial charge on any atom is -0.508 e. The molecular weight excluding hydrogens is 464 g/mol. The van der Waals surface area contributed by atoms with E-state index in [2.05, 4.69) is 43.4 Å².